The van der Waals surface area contributed by atoms with Crippen molar-refractivity contribution < 1.29 is 14.3 Å². The maximum atomic E-state index is 14.1. The van der Waals surface area contributed by atoms with Crippen molar-refractivity contribution in [3.63, 3.8) is 0 Å². The van der Waals surface area contributed by atoms with Crippen LogP contribution in [0.25, 0.3) is 0 Å². The Kier molecular flexibility index (Phi) is 7.62. The highest BCUT2D eigenvalue weighted by molar-refractivity contribution is 6.32. The summed E-state index contributed by atoms with van der Waals surface area (Å²) in [5, 5.41) is 0.479. The number of carbonyl (C=O) groups excluding carboxylic acids is 2. The minimum absolute atomic E-state index is 0.120. The number of rotatable bonds is 6. The van der Waals surface area contributed by atoms with E-state index in [0.29, 0.717) is 36.8 Å². The fraction of sp³-hybridized carbons (Fsp3) is 0.368. The first-order valence-corrected chi connectivity index (χ1v) is 15.6. The van der Waals surface area contributed by atoms with Gasteiger partial charge in [-0.15, -0.1) is 0 Å². The zero-order valence-corrected chi connectivity index (χ0v) is 26.6. The number of carbonyl (C=O) groups is 2. The Labute approximate surface area is 260 Å². The van der Waals surface area contributed by atoms with E-state index >= 15 is 0 Å². The van der Waals surface area contributed by atoms with Crippen LogP contribution in [0.3, 0.4) is 0 Å². The van der Waals surface area contributed by atoms with E-state index in [4.69, 9.17) is 16.3 Å². The first-order valence-electron chi connectivity index (χ1n) is 15.2. The molecular formula is C38H40ClNO3. The van der Waals surface area contributed by atoms with Gasteiger partial charge in [-0.2, -0.15) is 0 Å². The third-order valence-electron chi connectivity index (χ3n) is 9.01. The number of nitrogens with zero attached hydrogens (tertiary/aromatic N) is 1. The van der Waals surface area contributed by atoms with Gasteiger partial charge in [0.25, 0.3) is 0 Å². The van der Waals surface area contributed by atoms with Gasteiger partial charge in [-0.1, -0.05) is 106 Å². The van der Waals surface area contributed by atoms with Crippen molar-refractivity contribution in [3.8, 4) is 5.75 Å². The lowest BCUT2D eigenvalue weighted by atomic mass is 9.63. The lowest BCUT2D eigenvalue weighted by Crippen LogP contribution is -2.44. The molecule has 0 atom stereocenters. The Hall–Kier alpha value is -3.63. The molecular weight excluding hydrogens is 554 g/mol. The number of ketones is 2. The Balaban J connectivity index is 1.45. The maximum absolute atomic E-state index is 14.1. The van der Waals surface area contributed by atoms with E-state index in [9.17, 15) is 9.59 Å². The van der Waals surface area contributed by atoms with Crippen molar-refractivity contribution in [1.29, 1.82) is 0 Å². The molecule has 0 bridgehead atoms. The molecule has 0 saturated heterocycles. The molecule has 3 aromatic carbocycles. The summed E-state index contributed by atoms with van der Waals surface area (Å²) >= 11 is 6.85. The third-order valence-corrected chi connectivity index (χ3v) is 9.30. The van der Waals surface area contributed by atoms with Crippen LogP contribution in [0.2, 0.25) is 5.02 Å². The fourth-order valence-corrected chi connectivity index (χ4v) is 7.24. The minimum Gasteiger partial charge on any atom is -0.487 e. The van der Waals surface area contributed by atoms with Crippen LogP contribution >= 0.6 is 11.6 Å². The molecule has 1 aliphatic heterocycles. The van der Waals surface area contributed by atoms with Crippen LogP contribution in [-0.4, -0.2) is 16.5 Å². The van der Waals surface area contributed by atoms with E-state index in [1.165, 1.54) is 5.56 Å². The molecule has 0 N–H and O–H groups in total. The summed E-state index contributed by atoms with van der Waals surface area (Å²) in [5.41, 5.74) is 7.55. The fourth-order valence-electron chi connectivity index (χ4n) is 7.00. The topological polar surface area (TPSA) is 46.6 Å². The van der Waals surface area contributed by atoms with Gasteiger partial charge >= 0.3 is 0 Å². The average molecular weight is 594 g/mol. The maximum Gasteiger partial charge on any atom is 0.162 e. The quantitative estimate of drug-likeness (QED) is 0.286. The smallest absolute Gasteiger partial charge is 0.162 e. The molecule has 2 aliphatic carbocycles. The highest BCUT2D eigenvalue weighted by atomic mass is 35.5. The van der Waals surface area contributed by atoms with Crippen molar-refractivity contribution >= 4 is 23.2 Å². The lowest BCUT2D eigenvalue weighted by Gasteiger charge is -2.49. The first-order chi connectivity index (χ1) is 20.4. The molecule has 4 nitrogen and oxygen atoms in total. The second kappa shape index (κ2) is 11.1. The van der Waals surface area contributed by atoms with Gasteiger partial charge in [-0.3, -0.25) is 9.59 Å². The number of ether oxygens (including phenoxy) is 1. The molecule has 0 fully saturated rings. The highest BCUT2D eigenvalue weighted by Gasteiger charge is 2.49. The van der Waals surface area contributed by atoms with Gasteiger partial charge in [0, 0.05) is 47.8 Å². The van der Waals surface area contributed by atoms with Crippen LogP contribution in [0.4, 0.5) is 0 Å². The normalized spacial score (nSPS) is 19.8. The SMILES string of the molecule is Cc1ccc(COc2ccc(C3C4=C(CC(C)(C)CC4=O)N(Cc4ccccc4)C4=C3C(=O)CC(C)(C)C4)cc2Cl)cc1. The van der Waals surface area contributed by atoms with E-state index in [-0.39, 0.29) is 22.4 Å². The zero-order chi connectivity index (χ0) is 30.5. The summed E-state index contributed by atoms with van der Waals surface area (Å²) in [6.45, 7) is 11.8. The molecule has 222 valence electrons. The Morgan fingerprint density at radius 3 is 1.91 bits per heavy atom. The number of hydrogen-bond acceptors (Lipinski definition) is 4. The Bertz CT molecular complexity index is 1590. The van der Waals surface area contributed by atoms with Crippen LogP contribution in [0, 0.1) is 17.8 Å². The molecule has 3 aromatic rings. The van der Waals surface area contributed by atoms with Gasteiger partial charge in [0.2, 0.25) is 0 Å². The summed E-state index contributed by atoms with van der Waals surface area (Å²) in [5.74, 6) is 0.389. The summed E-state index contributed by atoms with van der Waals surface area (Å²) in [7, 11) is 0. The zero-order valence-electron chi connectivity index (χ0n) is 25.8. The van der Waals surface area contributed by atoms with Gasteiger partial charge in [-0.05, 0) is 59.4 Å². The predicted molar refractivity (Wildman–Crippen MR) is 172 cm³/mol. The molecule has 0 amide bonds. The molecule has 0 unspecified atom stereocenters. The second-order valence-corrected chi connectivity index (χ2v) is 14.5. The number of Topliss-reactive ketones (excluding diaryl/α,β-unsaturated/α-hetero) is 2. The van der Waals surface area contributed by atoms with Gasteiger partial charge < -0.3 is 9.64 Å². The molecule has 0 aromatic heterocycles. The summed E-state index contributed by atoms with van der Waals surface area (Å²) in [6.07, 6.45) is 2.45. The van der Waals surface area contributed by atoms with Crippen molar-refractivity contribution in [1.82, 2.24) is 4.90 Å². The number of allylic oxidation sites excluding steroid dienone is 4. The van der Waals surface area contributed by atoms with Crippen molar-refractivity contribution in [2.75, 3.05) is 0 Å². The van der Waals surface area contributed by atoms with E-state index in [1.807, 2.05) is 36.4 Å². The molecule has 43 heavy (non-hydrogen) atoms. The van der Waals surface area contributed by atoms with Crippen LogP contribution in [0.1, 0.15) is 81.5 Å². The number of benzene rings is 3. The van der Waals surface area contributed by atoms with Crippen molar-refractivity contribution in [3.05, 3.63) is 123 Å². The predicted octanol–water partition coefficient (Wildman–Crippen LogP) is 9.11. The van der Waals surface area contributed by atoms with Crippen LogP contribution in [-0.2, 0) is 22.7 Å². The second-order valence-electron chi connectivity index (χ2n) is 14.1. The molecule has 1 heterocycles. The van der Waals surface area contributed by atoms with Gasteiger partial charge in [0.05, 0.1) is 5.02 Å². The molecule has 3 aliphatic rings. The number of hydrogen-bond donors (Lipinski definition) is 0. The van der Waals surface area contributed by atoms with Crippen molar-refractivity contribution in [2.24, 2.45) is 10.8 Å². The number of aryl methyl sites for hydroxylation is 1. The molecule has 6 rings (SSSR count). The van der Waals surface area contributed by atoms with Gasteiger partial charge in [0.1, 0.15) is 12.4 Å². The van der Waals surface area contributed by atoms with Crippen LogP contribution < -0.4 is 4.74 Å². The van der Waals surface area contributed by atoms with E-state index < -0.39 is 5.92 Å². The van der Waals surface area contributed by atoms with Crippen LogP contribution in [0.5, 0.6) is 5.75 Å². The highest BCUT2D eigenvalue weighted by Crippen LogP contribution is 2.55. The summed E-state index contributed by atoms with van der Waals surface area (Å²) in [4.78, 5) is 30.5. The summed E-state index contributed by atoms with van der Waals surface area (Å²) in [6, 6.07) is 24.4. The first kappa shape index (κ1) is 29.4. The number of halogens is 1. The molecule has 0 radical (unpaired) electrons. The Morgan fingerprint density at radius 2 is 1.35 bits per heavy atom. The molecule has 0 saturated carbocycles. The monoisotopic (exact) mass is 593 g/mol. The van der Waals surface area contributed by atoms with Crippen molar-refractivity contribution in [2.45, 2.75) is 79.4 Å². The van der Waals surface area contributed by atoms with E-state index in [1.54, 1.807) is 0 Å². The Morgan fingerprint density at radius 1 is 0.767 bits per heavy atom. The standard InChI is InChI=1S/C38H40ClNO3/c1-24-11-13-26(14-12-24)23-43-33-16-15-27(17-28(33)39)34-35-29(18-37(2,3)20-31(35)41)40(22-25-9-7-6-8-10-25)30-19-38(4,5)21-32(42)36(30)34/h6-17,34H,18-23H2,1-5H3. The molecule has 0 spiro atoms. The van der Waals surface area contributed by atoms with Crippen LogP contribution in [0.15, 0.2) is 95.3 Å². The third kappa shape index (κ3) is 5.95. The van der Waals surface area contributed by atoms with E-state index in [2.05, 4.69) is 75.9 Å². The largest absolute Gasteiger partial charge is 0.487 e. The minimum atomic E-state index is -0.437. The molecule has 5 heteroatoms. The van der Waals surface area contributed by atoms with Gasteiger partial charge in [0.15, 0.2) is 11.6 Å². The van der Waals surface area contributed by atoms with Gasteiger partial charge in [-0.25, -0.2) is 0 Å². The van der Waals surface area contributed by atoms with E-state index in [0.717, 1.165) is 52.1 Å². The summed E-state index contributed by atoms with van der Waals surface area (Å²) < 4.78 is 6.10. The lowest BCUT2D eigenvalue weighted by molar-refractivity contribution is -0.119. The average Bonchev–Trinajstić information content (AvgIpc) is 2.93.